The summed E-state index contributed by atoms with van der Waals surface area (Å²) in [5.41, 5.74) is 6.13. The maximum absolute atomic E-state index is 12.3. The van der Waals surface area contributed by atoms with Gasteiger partial charge in [0.15, 0.2) is 0 Å². The number of nitrogens with two attached hydrogens (primary N) is 1. The summed E-state index contributed by atoms with van der Waals surface area (Å²) in [5, 5.41) is 0. The average Bonchev–Trinajstić information content (AvgIpc) is 2.46. The highest BCUT2D eigenvalue weighted by Crippen LogP contribution is 2.24. The first-order chi connectivity index (χ1) is 9.92. The number of nitrogens with zero attached hydrogens (tertiary/aromatic N) is 1. The number of sulfonamides is 1. The van der Waals surface area contributed by atoms with Crippen LogP contribution in [-0.4, -0.2) is 47.1 Å². The van der Waals surface area contributed by atoms with Crippen LogP contribution in [0.3, 0.4) is 0 Å². The fraction of sp³-hybridized carbons (Fsp3) is 0.571. The Morgan fingerprint density at radius 3 is 2.90 bits per heavy atom. The van der Waals surface area contributed by atoms with Gasteiger partial charge in [0.05, 0.1) is 17.7 Å². The van der Waals surface area contributed by atoms with E-state index in [0.717, 1.165) is 25.9 Å². The van der Waals surface area contributed by atoms with Crippen molar-refractivity contribution < 1.29 is 13.2 Å². The Hall–Kier alpha value is -1.31. The molecule has 1 heterocycles. The number of methoxy groups -OCH3 is 1. The van der Waals surface area contributed by atoms with Crippen LogP contribution >= 0.6 is 0 Å². The normalized spacial score (nSPS) is 20.4. The number of ether oxygens (including phenoxy) is 1. The van der Waals surface area contributed by atoms with E-state index in [0.29, 0.717) is 23.9 Å². The van der Waals surface area contributed by atoms with Crippen LogP contribution in [-0.2, 0) is 10.0 Å². The van der Waals surface area contributed by atoms with Crippen molar-refractivity contribution in [1.29, 1.82) is 0 Å². The molecule has 1 saturated heterocycles. The molecule has 0 aliphatic carbocycles. The molecule has 0 radical (unpaired) electrons. The molecular formula is C14H23N3O3S. The van der Waals surface area contributed by atoms with E-state index in [1.165, 1.54) is 19.2 Å². The molecule has 3 N–H and O–H groups in total. The van der Waals surface area contributed by atoms with E-state index in [-0.39, 0.29) is 4.90 Å². The van der Waals surface area contributed by atoms with Crippen molar-refractivity contribution >= 4 is 15.7 Å². The fourth-order valence-electron chi connectivity index (χ4n) is 2.61. The molecule has 1 aliphatic rings. The number of anilines is 1. The molecule has 2 rings (SSSR count). The standard InChI is InChI=1S/C14H23N3O3S/c1-17-7-3-4-11(10-17)9-16-21(18,19)12-5-6-13(15)14(8-12)20-2/h5-6,8,11,16H,3-4,7,9-10,15H2,1-2H3. The maximum Gasteiger partial charge on any atom is 0.240 e. The van der Waals surface area contributed by atoms with Gasteiger partial charge in [-0.25, -0.2) is 13.1 Å². The Morgan fingerprint density at radius 1 is 1.48 bits per heavy atom. The largest absolute Gasteiger partial charge is 0.495 e. The molecule has 1 unspecified atom stereocenters. The number of likely N-dealkylation sites (tertiary alicyclic amines) is 1. The SMILES string of the molecule is COc1cc(S(=O)(=O)NCC2CCCN(C)C2)ccc1N. The van der Waals surface area contributed by atoms with E-state index in [9.17, 15) is 8.42 Å². The van der Waals surface area contributed by atoms with Crippen molar-refractivity contribution in [2.24, 2.45) is 5.92 Å². The Kier molecular flexibility index (Phi) is 5.08. The molecule has 1 fully saturated rings. The molecular weight excluding hydrogens is 290 g/mol. The molecule has 7 heteroatoms. The predicted molar refractivity (Wildman–Crippen MR) is 82.8 cm³/mol. The van der Waals surface area contributed by atoms with E-state index in [2.05, 4.69) is 16.7 Å². The summed E-state index contributed by atoms with van der Waals surface area (Å²) in [6.45, 7) is 2.46. The number of nitrogen functional groups attached to an aromatic ring is 1. The van der Waals surface area contributed by atoms with Crippen molar-refractivity contribution in [3.05, 3.63) is 18.2 Å². The van der Waals surface area contributed by atoms with Crippen molar-refractivity contribution in [1.82, 2.24) is 9.62 Å². The first kappa shape index (κ1) is 16.1. The average molecular weight is 313 g/mol. The van der Waals surface area contributed by atoms with Gasteiger partial charge in [0.2, 0.25) is 10.0 Å². The van der Waals surface area contributed by atoms with Crippen LogP contribution in [0.2, 0.25) is 0 Å². The molecule has 1 atom stereocenters. The van der Waals surface area contributed by atoms with Gasteiger partial charge in [-0.15, -0.1) is 0 Å². The topological polar surface area (TPSA) is 84.7 Å². The van der Waals surface area contributed by atoms with Crippen LogP contribution in [0, 0.1) is 5.92 Å². The maximum atomic E-state index is 12.3. The van der Waals surface area contributed by atoms with E-state index >= 15 is 0 Å². The highest BCUT2D eigenvalue weighted by molar-refractivity contribution is 7.89. The molecule has 21 heavy (non-hydrogen) atoms. The second-order valence-electron chi connectivity index (χ2n) is 5.53. The van der Waals surface area contributed by atoms with Crippen LogP contribution in [0.4, 0.5) is 5.69 Å². The number of benzene rings is 1. The number of rotatable bonds is 5. The van der Waals surface area contributed by atoms with Crippen LogP contribution in [0.1, 0.15) is 12.8 Å². The van der Waals surface area contributed by atoms with E-state index < -0.39 is 10.0 Å². The summed E-state index contributed by atoms with van der Waals surface area (Å²) in [6, 6.07) is 4.49. The van der Waals surface area contributed by atoms with Crippen molar-refractivity contribution in [2.75, 3.05) is 39.5 Å². The first-order valence-electron chi connectivity index (χ1n) is 7.04. The zero-order chi connectivity index (χ0) is 15.5. The van der Waals surface area contributed by atoms with Gasteiger partial charge < -0.3 is 15.4 Å². The van der Waals surface area contributed by atoms with Crippen LogP contribution in [0.15, 0.2) is 23.1 Å². The smallest absolute Gasteiger partial charge is 0.240 e. The molecule has 0 bridgehead atoms. The van der Waals surface area contributed by atoms with Gasteiger partial charge >= 0.3 is 0 Å². The fourth-order valence-corrected chi connectivity index (χ4v) is 3.74. The third-order valence-corrected chi connectivity index (χ3v) is 5.22. The minimum absolute atomic E-state index is 0.178. The van der Waals surface area contributed by atoms with Crippen molar-refractivity contribution in [3.63, 3.8) is 0 Å². The van der Waals surface area contributed by atoms with Gasteiger partial charge in [-0.1, -0.05) is 0 Å². The summed E-state index contributed by atoms with van der Waals surface area (Å²) in [4.78, 5) is 2.41. The van der Waals surface area contributed by atoms with Crippen molar-refractivity contribution in [2.45, 2.75) is 17.7 Å². The van der Waals surface area contributed by atoms with Gasteiger partial charge in [0.1, 0.15) is 5.75 Å². The zero-order valence-corrected chi connectivity index (χ0v) is 13.3. The number of piperidine rings is 1. The Labute approximate surface area is 126 Å². The zero-order valence-electron chi connectivity index (χ0n) is 12.5. The van der Waals surface area contributed by atoms with Gasteiger partial charge in [-0.05, 0) is 44.5 Å². The van der Waals surface area contributed by atoms with Gasteiger partial charge in [-0.3, -0.25) is 0 Å². The molecule has 0 amide bonds. The highest BCUT2D eigenvalue weighted by Gasteiger charge is 2.21. The van der Waals surface area contributed by atoms with E-state index in [1.807, 2.05) is 0 Å². The van der Waals surface area contributed by atoms with Gasteiger partial charge in [-0.2, -0.15) is 0 Å². The summed E-state index contributed by atoms with van der Waals surface area (Å²) in [6.07, 6.45) is 2.16. The molecule has 6 nitrogen and oxygen atoms in total. The second-order valence-corrected chi connectivity index (χ2v) is 7.29. The highest BCUT2D eigenvalue weighted by atomic mass is 32.2. The van der Waals surface area contributed by atoms with Gasteiger partial charge in [0.25, 0.3) is 0 Å². The summed E-state index contributed by atoms with van der Waals surface area (Å²) >= 11 is 0. The molecule has 1 aliphatic heterocycles. The molecule has 0 aromatic heterocycles. The lowest BCUT2D eigenvalue weighted by Gasteiger charge is -2.29. The number of nitrogens with one attached hydrogen (secondary N) is 1. The number of hydrogen-bond acceptors (Lipinski definition) is 5. The lowest BCUT2D eigenvalue weighted by Crippen LogP contribution is -2.39. The van der Waals surface area contributed by atoms with Crippen LogP contribution < -0.4 is 15.2 Å². The monoisotopic (exact) mass is 313 g/mol. The number of hydrogen-bond donors (Lipinski definition) is 2. The van der Waals surface area contributed by atoms with E-state index in [4.69, 9.17) is 10.5 Å². The third-order valence-electron chi connectivity index (χ3n) is 3.80. The minimum atomic E-state index is -3.53. The molecule has 0 spiro atoms. The predicted octanol–water partition coefficient (Wildman–Crippen LogP) is 0.897. The third kappa shape index (κ3) is 4.09. The molecule has 118 valence electrons. The Morgan fingerprint density at radius 2 is 2.24 bits per heavy atom. The Balaban J connectivity index is 2.04. The molecule has 1 aromatic rings. The first-order valence-corrected chi connectivity index (χ1v) is 8.52. The Bertz CT molecular complexity index is 589. The quantitative estimate of drug-likeness (QED) is 0.789. The summed E-state index contributed by atoms with van der Waals surface area (Å²) < 4.78 is 32.4. The van der Waals surface area contributed by atoms with Crippen LogP contribution in [0.5, 0.6) is 5.75 Å². The van der Waals surface area contributed by atoms with Crippen LogP contribution in [0.25, 0.3) is 0 Å². The molecule has 0 saturated carbocycles. The van der Waals surface area contributed by atoms with Crippen molar-refractivity contribution in [3.8, 4) is 5.75 Å². The summed E-state index contributed by atoms with van der Waals surface area (Å²) in [7, 11) is -0.00390. The van der Waals surface area contributed by atoms with Gasteiger partial charge in [0, 0.05) is 19.2 Å². The molecule has 1 aromatic carbocycles. The lowest BCUT2D eigenvalue weighted by atomic mass is 9.99. The van der Waals surface area contributed by atoms with E-state index in [1.54, 1.807) is 6.07 Å². The summed E-state index contributed by atoms with van der Waals surface area (Å²) in [5.74, 6) is 0.726. The minimum Gasteiger partial charge on any atom is -0.495 e. The lowest BCUT2D eigenvalue weighted by molar-refractivity contribution is 0.211. The second kappa shape index (κ2) is 6.64.